The molecule has 0 fully saturated rings. The van der Waals surface area contributed by atoms with E-state index < -0.39 is 0 Å². The van der Waals surface area contributed by atoms with Crippen LogP contribution in [0.25, 0.3) is 22.9 Å². The highest BCUT2D eigenvalue weighted by molar-refractivity contribution is 5.68. The van der Waals surface area contributed by atoms with Gasteiger partial charge in [0.1, 0.15) is 5.75 Å². The van der Waals surface area contributed by atoms with Gasteiger partial charge in [-0.25, -0.2) is 0 Å². The smallest absolute Gasteiger partial charge is 0.252 e. The SMILES string of the molecule is COc1ccccc1-c1nnc(-c2cccc(O)c2O)o1. The van der Waals surface area contributed by atoms with Crippen LogP contribution in [0, 0.1) is 0 Å². The van der Waals surface area contributed by atoms with Gasteiger partial charge in [0.25, 0.3) is 11.8 Å². The van der Waals surface area contributed by atoms with Crippen LogP contribution in [0.4, 0.5) is 0 Å². The summed E-state index contributed by atoms with van der Waals surface area (Å²) in [7, 11) is 1.55. The lowest BCUT2D eigenvalue weighted by Gasteiger charge is -2.03. The van der Waals surface area contributed by atoms with E-state index in [0.29, 0.717) is 11.3 Å². The van der Waals surface area contributed by atoms with Gasteiger partial charge in [-0.1, -0.05) is 18.2 Å². The summed E-state index contributed by atoms with van der Waals surface area (Å²) in [6.45, 7) is 0. The molecular weight excluding hydrogens is 272 g/mol. The Hall–Kier alpha value is -3.02. The third-order valence-corrected chi connectivity index (χ3v) is 3.01. The Kier molecular flexibility index (Phi) is 3.19. The second-order valence-electron chi connectivity index (χ2n) is 4.29. The Morgan fingerprint density at radius 1 is 0.905 bits per heavy atom. The molecule has 0 aliphatic heterocycles. The second kappa shape index (κ2) is 5.16. The highest BCUT2D eigenvalue weighted by atomic mass is 16.5. The third-order valence-electron chi connectivity index (χ3n) is 3.01. The van der Waals surface area contributed by atoms with Crippen LogP contribution in [0.1, 0.15) is 0 Å². The summed E-state index contributed by atoms with van der Waals surface area (Å²) in [6.07, 6.45) is 0. The van der Waals surface area contributed by atoms with Gasteiger partial charge in [-0.05, 0) is 24.3 Å². The predicted molar refractivity (Wildman–Crippen MR) is 75.1 cm³/mol. The van der Waals surface area contributed by atoms with Gasteiger partial charge in [-0.3, -0.25) is 0 Å². The first kappa shape index (κ1) is 13.0. The van der Waals surface area contributed by atoms with Gasteiger partial charge >= 0.3 is 0 Å². The van der Waals surface area contributed by atoms with E-state index in [-0.39, 0.29) is 28.8 Å². The molecular formula is C15H12N2O4. The van der Waals surface area contributed by atoms with Crippen molar-refractivity contribution in [1.82, 2.24) is 10.2 Å². The first-order chi connectivity index (χ1) is 10.2. The van der Waals surface area contributed by atoms with E-state index in [1.54, 1.807) is 31.4 Å². The number of benzene rings is 2. The maximum Gasteiger partial charge on any atom is 0.252 e. The zero-order valence-electron chi connectivity index (χ0n) is 11.1. The summed E-state index contributed by atoms with van der Waals surface area (Å²) in [5.74, 6) is 0.444. The zero-order valence-corrected chi connectivity index (χ0v) is 11.1. The lowest BCUT2D eigenvalue weighted by Crippen LogP contribution is -1.87. The molecule has 0 radical (unpaired) electrons. The van der Waals surface area contributed by atoms with Crippen molar-refractivity contribution in [2.24, 2.45) is 0 Å². The van der Waals surface area contributed by atoms with Gasteiger partial charge in [0.2, 0.25) is 0 Å². The van der Waals surface area contributed by atoms with Crippen molar-refractivity contribution in [3.05, 3.63) is 42.5 Å². The molecule has 106 valence electrons. The Bertz CT molecular complexity index is 783. The summed E-state index contributed by atoms with van der Waals surface area (Å²) in [4.78, 5) is 0. The normalized spacial score (nSPS) is 10.5. The quantitative estimate of drug-likeness (QED) is 0.719. The van der Waals surface area contributed by atoms with E-state index in [4.69, 9.17) is 9.15 Å². The molecule has 0 unspecified atom stereocenters. The van der Waals surface area contributed by atoms with Crippen LogP contribution in [0.3, 0.4) is 0 Å². The molecule has 1 aromatic heterocycles. The van der Waals surface area contributed by atoms with Crippen molar-refractivity contribution in [3.63, 3.8) is 0 Å². The van der Waals surface area contributed by atoms with Crippen LogP contribution in [-0.2, 0) is 0 Å². The van der Waals surface area contributed by atoms with Crippen LogP contribution >= 0.6 is 0 Å². The Labute approximate surface area is 120 Å². The summed E-state index contributed by atoms with van der Waals surface area (Å²) in [5.41, 5.74) is 0.919. The first-order valence-corrected chi connectivity index (χ1v) is 6.19. The summed E-state index contributed by atoms with van der Waals surface area (Å²) >= 11 is 0. The van der Waals surface area contributed by atoms with Crippen molar-refractivity contribution >= 4 is 0 Å². The average Bonchev–Trinajstić information content (AvgIpc) is 2.99. The molecule has 21 heavy (non-hydrogen) atoms. The molecule has 0 spiro atoms. The maximum atomic E-state index is 9.83. The van der Waals surface area contributed by atoms with E-state index in [1.165, 1.54) is 6.07 Å². The number of aromatic hydroxyl groups is 2. The van der Waals surface area contributed by atoms with E-state index >= 15 is 0 Å². The molecule has 6 nitrogen and oxygen atoms in total. The van der Waals surface area contributed by atoms with Gasteiger partial charge in [0.05, 0.1) is 18.2 Å². The highest BCUT2D eigenvalue weighted by Gasteiger charge is 2.17. The number of methoxy groups -OCH3 is 1. The summed E-state index contributed by atoms with van der Waals surface area (Å²) in [6, 6.07) is 11.8. The number of aromatic nitrogens is 2. The van der Waals surface area contributed by atoms with Crippen LogP contribution in [0.5, 0.6) is 17.2 Å². The molecule has 2 N–H and O–H groups in total. The fraction of sp³-hybridized carbons (Fsp3) is 0.0667. The summed E-state index contributed by atoms with van der Waals surface area (Å²) in [5, 5.41) is 27.2. The van der Waals surface area contributed by atoms with Crippen molar-refractivity contribution in [3.8, 4) is 40.2 Å². The van der Waals surface area contributed by atoms with E-state index in [2.05, 4.69) is 10.2 Å². The molecule has 0 aliphatic carbocycles. The standard InChI is InChI=1S/C15H12N2O4/c1-20-12-8-3-2-5-9(12)14-16-17-15(21-14)10-6-4-7-11(18)13(10)19/h2-8,18-19H,1H3. The molecule has 0 saturated carbocycles. The fourth-order valence-corrected chi connectivity index (χ4v) is 1.97. The van der Waals surface area contributed by atoms with Gasteiger partial charge in [0.15, 0.2) is 11.5 Å². The Morgan fingerprint density at radius 2 is 1.57 bits per heavy atom. The number of hydrogen-bond acceptors (Lipinski definition) is 6. The molecule has 0 aliphatic rings. The molecule has 6 heteroatoms. The minimum absolute atomic E-state index is 0.115. The minimum atomic E-state index is -0.298. The number of phenols is 2. The van der Waals surface area contributed by atoms with Crippen LogP contribution in [0.15, 0.2) is 46.9 Å². The van der Waals surface area contributed by atoms with Crippen LogP contribution < -0.4 is 4.74 Å². The number of nitrogens with zero attached hydrogens (tertiary/aromatic N) is 2. The largest absolute Gasteiger partial charge is 0.504 e. The zero-order chi connectivity index (χ0) is 14.8. The number of hydrogen-bond donors (Lipinski definition) is 2. The minimum Gasteiger partial charge on any atom is -0.504 e. The number of rotatable bonds is 3. The lowest BCUT2D eigenvalue weighted by molar-refractivity contribution is 0.403. The molecule has 3 aromatic rings. The van der Waals surface area contributed by atoms with E-state index in [0.717, 1.165) is 0 Å². The highest BCUT2D eigenvalue weighted by Crippen LogP contribution is 2.37. The molecule has 0 bridgehead atoms. The van der Waals surface area contributed by atoms with E-state index in [9.17, 15) is 10.2 Å². The van der Waals surface area contributed by atoms with Crippen molar-refractivity contribution in [2.75, 3.05) is 7.11 Å². The van der Waals surface area contributed by atoms with Crippen molar-refractivity contribution < 1.29 is 19.4 Å². The molecule has 0 amide bonds. The first-order valence-electron chi connectivity index (χ1n) is 6.19. The number of para-hydroxylation sites is 2. The van der Waals surface area contributed by atoms with Gasteiger partial charge in [0, 0.05) is 0 Å². The third kappa shape index (κ3) is 2.27. The fourth-order valence-electron chi connectivity index (χ4n) is 1.97. The Balaban J connectivity index is 2.06. The van der Waals surface area contributed by atoms with E-state index in [1.807, 2.05) is 12.1 Å². The van der Waals surface area contributed by atoms with Crippen LogP contribution in [0.2, 0.25) is 0 Å². The van der Waals surface area contributed by atoms with Gasteiger partial charge in [-0.2, -0.15) is 0 Å². The van der Waals surface area contributed by atoms with Crippen molar-refractivity contribution in [1.29, 1.82) is 0 Å². The lowest BCUT2D eigenvalue weighted by atomic mass is 10.2. The second-order valence-corrected chi connectivity index (χ2v) is 4.29. The molecule has 3 rings (SSSR count). The number of ether oxygens (including phenoxy) is 1. The summed E-state index contributed by atoms with van der Waals surface area (Å²) < 4.78 is 10.8. The molecule has 2 aromatic carbocycles. The van der Waals surface area contributed by atoms with Crippen LogP contribution in [-0.4, -0.2) is 27.5 Å². The molecule has 0 saturated heterocycles. The molecule has 1 heterocycles. The Morgan fingerprint density at radius 3 is 2.33 bits per heavy atom. The molecule has 0 atom stereocenters. The number of phenolic OH excluding ortho intramolecular Hbond substituents is 2. The van der Waals surface area contributed by atoms with Crippen molar-refractivity contribution in [2.45, 2.75) is 0 Å². The van der Waals surface area contributed by atoms with Gasteiger partial charge in [-0.15, -0.1) is 10.2 Å². The topological polar surface area (TPSA) is 88.6 Å². The predicted octanol–water partition coefficient (Wildman–Crippen LogP) is 2.82. The maximum absolute atomic E-state index is 9.83. The monoisotopic (exact) mass is 284 g/mol. The van der Waals surface area contributed by atoms with Gasteiger partial charge < -0.3 is 19.4 Å². The average molecular weight is 284 g/mol.